The number of hydrogen-bond donors (Lipinski definition) is 1. The molecule has 0 aliphatic carbocycles. The van der Waals surface area contributed by atoms with E-state index in [-0.39, 0.29) is 18.2 Å². The van der Waals surface area contributed by atoms with Gasteiger partial charge < -0.3 is 15.0 Å². The van der Waals surface area contributed by atoms with Crippen molar-refractivity contribution in [3.05, 3.63) is 102 Å². The van der Waals surface area contributed by atoms with Gasteiger partial charge in [-0.2, -0.15) is 0 Å². The Morgan fingerprint density at radius 1 is 0.848 bits per heavy atom. The van der Waals surface area contributed by atoms with E-state index in [0.29, 0.717) is 19.5 Å². The lowest BCUT2D eigenvalue weighted by Gasteiger charge is -2.31. The topological polar surface area (TPSA) is 58.6 Å². The maximum absolute atomic E-state index is 13.6. The molecular formula is C28H32N2O3. The Labute approximate surface area is 196 Å². The van der Waals surface area contributed by atoms with Crippen LogP contribution in [0.3, 0.4) is 0 Å². The number of nitrogens with zero attached hydrogens (tertiary/aromatic N) is 1. The van der Waals surface area contributed by atoms with Crippen LogP contribution in [0.5, 0.6) is 5.75 Å². The Kier molecular flexibility index (Phi) is 9.07. The number of rotatable bonds is 11. The van der Waals surface area contributed by atoms with E-state index in [2.05, 4.69) is 5.32 Å². The molecule has 0 aliphatic rings. The molecular weight excluding hydrogens is 412 g/mol. The summed E-state index contributed by atoms with van der Waals surface area (Å²) in [6, 6.07) is 26.5. The van der Waals surface area contributed by atoms with Crippen molar-refractivity contribution in [2.24, 2.45) is 0 Å². The van der Waals surface area contributed by atoms with Gasteiger partial charge in [0.1, 0.15) is 11.8 Å². The molecule has 0 spiro atoms. The first-order valence-corrected chi connectivity index (χ1v) is 11.4. The zero-order chi connectivity index (χ0) is 23.5. The van der Waals surface area contributed by atoms with Gasteiger partial charge in [0, 0.05) is 19.5 Å². The van der Waals surface area contributed by atoms with Crippen molar-refractivity contribution < 1.29 is 14.3 Å². The van der Waals surface area contributed by atoms with Gasteiger partial charge in [0.15, 0.2) is 0 Å². The number of carbonyl (C=O) groups excluding carboxylic acids is 2. The molecule has 0 fully saturated rings. The zero-order valence-corrected chi connectivity index (χ0v) is 19.4. The van der Waals surface area contributed by atoms with E-state index >= 15 is 0 Å². The number of nitrogens with one attached hydrogen (secondary N) is 1. The minimum Gasteiger partial charge on any atom is -0.497 e. The number of amides is 2. The van der Waals surface area contributed by atoms with Crippen LogP contribution in [0.2, 0.25) is 0 Å². The minimum absolute atomic E-state index is 0.0865. The van der Waals surface area contributed by atoms with Gasteiger partial charge in [-0.15, -0.1) is 0 Å². The molecule has 0 saturated heterocycles. The van der Waals surface area contributed by atoms with Gasteiger partial charge in [-0.05, 0) is 35.2 Å². The minimum atomic E-state index is -0.607. The Bertz CT molecular complexity index is 1000. The third kappa shape index (κ3) is 7.21. The maximum Gasteiger partial charge on any atom is 0.243 e. The van der Waals surface area contributed by atoms with E-state index in [1.165, 1.54) is 0 Å². The maximum atomic E-state index is 13.6. The van der Waals surface area contributed by atoms with Crippen LogP contribution >= 0.6 is 0 Å². The molecule has 0 heterocycles. The number of hydrogen-bond acceptors (Lipinski definition) is 3. The highest BCUT2D eigenvalue weighted by atomic mass is 16.5. The first kappa shape index (κ1) is 24.1. The number of benzene rings is 3. The summed E-state index contributed by atoms with van der Waals surface area (Å²) in [4.78, 5) is 28.6. The van der Waals surface area contributed by atoms with Gasteiger partial charge in [0.05, 0.1) is 13.5 Å². The first-order chi connectivity index (χ1) is 16.1. The highest BCUT2D eigenvalue weighted by Gasteiger charge is 2.30. The third-order valence-corrected chi connectivity index (χ3v) is 5.53. The molecule has 2 amide bonds. The van der Waals surface area contributed by atoms with Gasteiger partial charge in [-0.25, -0.2) is 0 Å². The zero-order valence-electron chi connectivity index (χ0n) is 19.4. The van der Waals surface area contributed by atoms with Crippen LogP contribution in [0.1, 0.15) is 30.0 Å². The van der Waals surface area contributed by atoms with E-state index < -0.39 is 6.04 Å². The lowest BCUT2D eigenvalue weighted by Crippen LogP contribution is -2.51. The number of ether oxygens (including phenoxy) is 1. The summed E-state index contributed by atoms with van der Waals surface area (Å²) in [5, 5.41) is 3.00. The third-order valence-electron chi connectivity index (χ3n) is 5.53. The standard InChI is InChI=1S/C28H32N2O3/c1-3-18-29-28(32)26(19-22-10-6-4-7-11-22)30(21-24-12-8-5-9-13-24)27(31)20-23-14-16-25(33-2)17-15-23/h4-17,26H,3,18-21H2,1-2H3,(H,29,32). The molecule has 3 rings (SSSR count). The summed E-state index contributed by atoms with van der Waals surface area (Å²) < 4.78 is 5.23. The fourth-order valence-electron chi connectivity index (χ4n) is 3.72. The number of carbonyl (C=O) groups is 2. The molecule has 0 aromatic heterocycles. The fraction of sp³-hybridized carbons (Fsp3) is 0.286. The van der Waals surface area contributed by atoms with Crippen LogP contribution in [0.4, 0.5) is 0 Å². The number of methoxy groups -OCH3 is 1. The van der Waals surface area contributed by atoms with Crippen LogP contribution in [0.25, 0.3) is 0 Å². The average Bonchev–Trinajstić information content (AvgIpc) is 2.86. The summed E-state index contributed by atoms with van der Waals surface area (Å²) >= 11 is 0. The molecule has 1 N–H and O–H groups in total. The molecule has 0 bridgehead atoms. The van der Waals surface area contributed by atoms with Crippen LogP contribution in [-0.2, 0) is 29.0 Å². The van der Waals surface area contributed by atoms with Crippen LogP contribution in [0, 0.1) is 0 Å². The van der Waals surface area contributed by atoms with Crippen molar-refractivity contribution in [2.75, 3.05) is 13.7 Å². The Balaban J connectivity index is 1.91. The molecule has 33 heavy (non-hydrogen) atoms. The predicted molar refractivity (Wildman–Crippen MR) is 131 cm³/mol. The van der Waals surface area contributed by atoms with Gasteiger partial charge >= 0.3 is 0 Å². The Morgan fingerprint density at radius 2 is 1.45 bits per heavy atom. The molecule has 1 atom stereocenters. The molecule has 3 aromatic carbocycles. The smallest absolute Gasteiger partial charge is 0.243 e. The van der Waals surface area contributed by atoms with E-state index in [1.807, 2.05) is 91.9 Å². The summed E-state index contributed by atoms with van der Waals surface area (Å²) in [6.45, 7) is 2.96. The Hall–Kier alpha value is -3.60. The second-order valence-electron chi connectivity index (χ2n) is 8.03. The summed E-state index contributed by atoms with van der Waals surface area (Å²) in [5.74, 6) is 0.532. The first-order valence-electron chi connectivity index (χ1n) is 11.4. The second kappa shape index (κ2) is 12.4. The van der Waals surface area contributed by atoms with E-state index in [4.69, 9.17) is 4.74 Å². The van der Waals surface area contributed by atoms with Crippen molar-refractivity contribution in [3.63, 3.8) is 0 Å². The van der Waals surface area contributed by atoms with Crippen LogP contribution in [-0.4, -0.2) is 36.4 Å². The molecule has 5 nitrogen and oxygen atoms in total. The summed E-state index contributed by atoms with van der Waals surface area (Å²) in [5.41, 5.74) is 2.89. The largest absolute Gasteiger partial charge is 0.497 e. The van der Waals surface area contributed by atoms with Gasteiger partial charge in [-0.3, -0.25) is 9.59 Å². The summed E-state index contributed by atoms with van der Waals surface area (Å²) in [6.07, 6.45) is 1.50. The SMILES string of the molecule is CCCNC(=O)C(Cc1ccccc1)N(Cc1ccccc1)C(=O)Cc1ccc(OC)cc1. The van der Waals surface area contributed by atoms with Crippen molar-refractivity contribution >= 4 is 11.8 Å². The molecule has 1 unspecified atom stereocenters. The molecule has 3 aromatic rings. The van der Waals surface area contributed by atoms with Gasteiger partial charge in [0.2, 0.25) is 11.8 Å². The fourth-order valence-corrected chi connectivity index (χ4v) is 3.72. The monoisotopic (exact) mass is 444 g/mol. The second-order valence-corrected chi connectivity index (χ2v) is 8.03. The molecule has 5 heteroatoms. The van der Waals surface area contributed by atoms with Gasteiger partial charge in [-0.1, -0.05) is 79.7 Å². The molecule has 0 radical (unpaired) electrons. The van der Waals surface area contributed by atoms with E-state index in [0.717, 1.165) is 28.9 Å². The van der Waals surface area contributed by atoms with Gasteiger partial charge in [0.25, 0.3) is 0 Å². The lowest BCUT2D eigenvalue weighted by atomic mass is 10.0. The Morgan fingerprint density at radius 3 is 2.03 bits per heavy atom. The van der Waals surface area contributed by atoms with Crippen molar-refractivity contribution in [3.8, 4) is 5.75 Å². The molecule has 172 valence electrons. The van der Waals surface area contributed by atoms with Crippen molar-refractivity contribution in [1.82, 2.24) is 10.2 Å². The van der Waals surface area contributed by atoms with Crippen LogP contribution in [0.15, 0.2) is 84.9 Å². The van der Waals surface area contributed by atoms with Crippen molar-refractivity contribution in [1.29, 1.82) is 0 Å². The quantitative estimate of drug-likeness (QED) is 0.477. The highest BCUT2D eigenvalue weighted by Crippen LogP contribution is 2.18. The van der Waals surface area contributed by atoms with E-state index in [9.17, 15) is 9.59 Å². The highest BCUT2D eigenvalue weighted by molar-refractivity contribution is 5.88. The van der Waals surface area contributed by atoms with E-state index in [1.54, 1.807) is 12.0 Å². The molecule has 0 aliphatic heterocycles. The average molecular weight is 445 g/mol. The predicted octanol–water partition coefficient (Wildman–Crippen LogP) is 4.40. The van der Waals surface area contributed by atoms with Crippen molar-refractivity contribution in [2.45, 2.75) is 38.8 Å². The summed E-state index contributed by atoms with van der Waals surface area (Å²) in [7, 11) is 1.62. The normalized spacial score (nSPS) is 11.5. The van der Waals surface area contributed by atoms with Crippen LogP contribution < -0.4 is 10.1 Å². The molecule has 0 saturated carbocycles. The lowest BCUT2D eigenvalue weighted by molar-refractivity contribution is -0.140.